The molecule has 4 rings (SSSR count). The zero-order chi connectivity index (χ0) is 24.1. The summed E-state index contributed by atoms with van der Waals surface area (Å²) in [6, 6.07) is 22.7. The predicted molar refractivity (Wildman–Crippen MR) is 135 cm³/mol. The van der Waals surface area contributed by atoms with Crippen molar-refractivity contribution < 1.29 is 17.9 Å². The van der Waals surface area contributed by atoms with Gasteiger partial charge < -0.3 is 10.1 Å². The molecule has 3 aromatic carbocycles. The Balaban J connectivity index is 1.50. The Kier molecular flexibility index (Phi) is 7.60. The lowest BCUT2D eigenvalue weighted by molar-refractivity contribution is -0.120. The van der Waals surface area contributed by atoms with E-state index in [1.54, 1.807) is 23.9 Å². The van der Waals surface area contributed by atoms with E-state index >= 15 is 0 Å². The number of piperidine rings is 1. The number of benzene rings is 3. The Labute approximate surface area is 205 Å². The highest BCUT2D eigenvalue weighted by Crippen LogP contribution is 2.34. The van der Waals surface area contributed by atoms with Gasteiger partial charge in [0.1, 0.15) is 10.6 Å². The fraction of sp³-hybridized carbons (Fsp3) is 0.269. The lowest BCUT2D eigenvalue weighted by Crippen LogP contribution is -2.43. The number of nitrogens with one attached hydrogen (secondary N) is 1. The Bertz CT molecular complexity index is 1260. The molecule has 0 aromatic heterocycles. The van der Waals surface area contributed by atoms with Gasteiger partial charge in [-0.3, -0.25) is 4.79 Å². The molecule has 1 saturated heterocycles. The Hall–Kier alpha value is -2.81. The number of hydrogen-bond acceptors (Lipinski definition) is 5. The Morgan fingerprint density at radius 1 is 1.06 bits per heavy atom. The van der Waals surface area contributed by atoms with Crippen molar-refractivity contribution in [2.24, 2.45) is 5.92 Å². The number of ether oxygens (including phenoxy) is 1. The average Bonchev–Trinajstić information content (AvgIpc) is 2.86. The van der Waals surface area contributed by atoms with Crippen LogP contribution in [-0.4, -0.2) is 38.8 Å². The van der Waals surface area contributed by atoms with E-state index in [2.05, 4.69) is 5.32 Å². The standard InChI is InChI=1S/C26H28N2O4S2/c1-19-14-15-23(32-2)25(17-19)34(30,31)28-16-8-9-20(18-28)26(29)27-22-12-6-7-13-24(22)33-21-10-4-3-5-11-21/h3-7,10-15,17,20H,8-9,16,18H2,1-2H3,(H,27,29). The minimum atomic E-state index is -3.79. The van der Waals surface area contributed by atoms with Crippen LogP contribution in [0.25, 0.3) is 0 Å². The van der Waals surface area contributed by atoms with E-state index in [-0.39, 0.29) is 17.3 Å². The first-order valence-electron chi connectivity index (χ1n) is 11.2. The molecule has 1 amide bonds. The molecule has 178 valence electrons. The fourth-order valence-corrected chi connectivity index (χ4v) is 6.70. The molecule has 34 heavy (non-hydrogen) atoms. The SMILES string of the molecule is COc1ccc(C)cc1S(=O)(=O)N1CCCC(C(=O)Nc2ccccc2Sc2ccccc2)C1. The van der Waals surface area contributed by atoms with Crippen molar-refractivity contribution in [3.05, 3.63) is 78.4 Å². The van der Waals surface area contributed by atoms with Gasteiger partial charge in [0.2, 0.25) is 15.9 Å². The number of nitrogens with zero attached hydrogens (tertiary/aromatic N) is 1. The highest BCUT2D eigenvalue weighted by atomic mass is 32.2. The van der Waals surface area contributed by atoms with Crippen molar-refractivity contribution in [1.82, 2.24) is 4.31 Å². The van der Waals surface area contributed by atoms with E-state index in [1.165, 1.54) is 11.4 Å². The predicted octanol–water partition coefficient (Wildman–Crippen LogP) is 5.19. The Morgan fingerprint density at radius 2 is 1.79 bits per heavy atom. The molecule has 0 spiro atoms. The summed E-state index contributed by atoms with van der Waals surface area (Å²) in [5, 5.41) is 3.04. The van der Waals surface area contributed by atoms with Gasteiger partial charge in [-0.05, 0) is 61.7 Å². The molecule has 8 heteroatoms. The molecule has 3 aromatic rings. The molecule has 0 radical (unpaired) electrons. The zero-order valence-corrected chi connectivity index (χ0v) is 20.9. The second kappa shape index (κ2) is 10.6. The van der Waals surface area contributed by atoms with E-state index in [9.17, 15) is 13.2 Å². The lowest BCUT2D eigenvalue weighted by Gasteiger charge is -2.31. The van der Waals surface area contributed by atoms with Crippen LogP contribution < -0.4 is 10.1 Å². The van der Waals surface area contributed by atoms with Crippen molar-refractivity contribution >= 4 is 33.4 Å². The van der Waals surface area contributed by atoms with Gasteiger partial charge in [0, 0.05) is 22.9 Å². The van der Waals surface area contributed by atoms with E-state index in [1.807, 2.05) is 67.6 Å². The van der Waals surface area contributed by atoms with Crippen LogP contribution in [0.1, 0.15) is 18.4 Å². The molecular formula is C26H28N2O4S2. The first-order chi connectivity index (χ1) is 16.4. The quantitative estimate of drug-likeness (QED) is 0.487. The highest BCUT2D eigenvalue weighted by Gasteiger charge is 2.35. The summed E-state index contributed by atoms with van der Waals surface area (Å²) in [7, 11) is -2.33. The maximum absolute atomic E-state index is 13.4. The zero-order valence-electron chi connectivity index (χ0n) is 19.2. The molecule has 1 N–H and O–H groups in total. The molecule has 1 aliphatic rings. The first kappa shape index (κ1) is 24.3. The lowest BCUT2D eigenvalue weighted by atomic mass is 9.99. The summed E-state index contributed by atoms with van der Waals surface area (Å²) in [4.78, 5) is 15.3. The van der Waals surface area contributed by atoms with Crippen LogP contribution in [0.15, 0.2) is 87.5 Å². The topological polar surface area (TPSA) is 75.7 Å². The summed E-state index contributed by atoms with van der Waals surface area (Å²) in [5.41, 5.74) is 1.56. The minimum Gasteiger partial charge on any atom is -0.495 e. The van der Waals surface area contributed by atoms with E-state index in [0.29, 0.717) is 25.1 Å². The molecule has 1 fully saturated rings. The fourth-order valence-electron chi connectivity index (χ4n) is 4.01. The van der Waals surface area contributed by atoms with Gasteiger partial charge in [-0.1, -0.05) is 48.2 Å². The molecule has 0 saturated carbocycles. The maximum Gasteiger partial charge on any atom is 0.246 e. The van der Waals surface area contributed by atoms with Crippen molar-refractivity contribution in [2.75, 3.05) is 25.5 Å². The summed E-state index contributed by atoms with van der Waals surface area (Å²) in [6.07, 6.45) is 1.25. The first-order valence-corrected chi connectivity index (χ1v) is 13.4. The smallest absolute Gasteiger partial charge is 0.246 e. The molecule has 1 unspecified atom stereocenters. The maximum atomic E-state index is 13.4. The molecule has 0 aliphatic carbocycles. The number of carbonyl (C=O) groups is 1. The van der Waals surface area contributed by atoms with Gasteiger partial charge in [-0.15, -0.1) is 0 Å². The van der Waals surface area contributed by atoms with Gasteiger partial charge >= 0.3 is 0 Å². The van der Waals surface area contributed by atoms with Crippen LogP contribution >= 0.6 is 11.8 Å². The largest absolute Gasteiger partial charge is 0.495 e. The molecule has 1 heterocycles. The molecule has 1 aliphatic heterocycles. The van der Waals surface area contributed by atoms with Crippen molar-refractivity contribution in [3.63, 3.8) is 0 Å². The van der Waals surface area contributed by atoms with Gasteiger partial charge in [0.05, 0.1) is 18.7 Å². The van der Waals surface area contributed by atoms with Crippen LogP contribution in [0.2, 0.25) is 0 Å². The number of hydrogen-bond donors (Lipinski definition) is 1. The van der Waals surface area contributed by atoms with Crippen LogP contribution in [0, 0.1) is 12.8 Å². The third-order valence-corrected chi connectivity index (χ3v) is 8.78. The van der Waals surface area contributed by atoms with Gasteiger partial charge in [0.15, 0.2) is 0 Å². The van der Waals surface area contributed by atoms with Gasteiger partial charge in [0.25, 0.3) is 0 Å². The summed E-state index contributed by atoms with van der Waals surface area (Å²) in [6.45, 7) is 2.36. The number of rotatable bonds is 7. The average molecular weight is 497 g/mol. The number of anilines is 1. The molecule has 0 bridgehead atoms. The monoisotopic (exact) mass is 496 g/mol. The summed E-state index contributed by atoms with van der Waals surface area (Å²) < 4.78 is 33.5. The number of carbonyl (C=O) groups excluding carboxylic acids is 1. The third kappa shape index (κ3) is 5.46. The number of aryl methyl sites for hydroxylation is 1. The molecular weight excluding hydrogens is 468 g/mol. The highest BCUT2D eigenvalue weighted by molar-refractivity contribution is 7.99. The van der Waals surface area contributed by atoms with Crippen LogP contribution in [0.5, 0.6) is 5.75 Å². The van der Waals surface area contributed by atoms with Gasteiger partial charge in [-0.2, -0.15) is 4.31 Å². The van der Waals surface area contributed by atoms with Crippen LogP contribution in [0.4, 0.5) is 5.69 Å². The van der Waals surface area contributed by atoms with E-state index < -0.39 is 15.9 Å². The van der Waals surface area contributed by atoms with Crippen LogP contribution in [0.3, 0.4) is 0 Å². The number of para-hydroxylation sites is 1. The minimum absolute atomic E-state index is 0.138. The Morgan fingerprint density at radius 3 is 2.56 bits per heavy atom. The third-order valence-electron chi connectivity index (χ3n) is 5.81. The number of amides is 1. The van der Waals surface area contributed by atoms with Crippen molar-refractivity contribution in [2.45, 2.75) is 34.5 Å². The second-order valence-electron chi connectivity index (χ2n) is 8.26. The van der Waals surface area contributed by atoms with Crippen LogP contribution in [-0.2, 0) is 14.8 Å². The van der Waals surface area contributed by atoms with Crippen molar-refractivity contribution in [3.8, 4) is 5.75 Å². The molecule has 1 atom stereocenters. The van der Waals surface area contributed by atoms with E-state index in [4.69, 9.17) is 4.74 Å². The summed E-state index contributed by atoms with van der Waals surface area (Å²) >= 11 is 1.58. The summed E-state index contributed by atoms with van der Waals surface area (Å²) in [5.74, 6) is -0.296. The molecule has 6 nitrogen and oxygen atoms in total. The van der Waals surface area contributed by atoms with Gasteiger partial charge in [-0.25, -0.2) is 8.42 Å². The van der Waals surface area contributed by atoms with E-state index in [0.717, 1.165) is 21.0 Å². The normalized spacial score (nSPS) is 16.7. The number of sulfonamides is 1. The second-order valence-corrected chi connectivity index (χ2v) is 11.3. The number of methoxy groups -OCH3 is 1. The van der Waals surface area contributed by atoms with Crippen molar-refractivity contribution in [1.29, 1.82) is 0 Å².